The second kappa shape index (κ2) is 5.53. The fourth-order valence-electron chi connectivity index (χ4n) is 3.26. The van der Waals surface area contributed by atoms with E-state index in [1.54, 1.807) is 12.7 Å². The van der Waals surface area contributed by atoms with Crippen molar-refractivity contribution in [2.75, 3.05) is 13.4 Å². The van der Waals surface area contributed by atoms with Crippen LogP contribution in [0.15, 0.2) is 41.3 Å². The maximum atomic E-state index is 5.25. The van der Waals surface area contributed by atoms with Crippen LogP contribution in [0.4, 0.5) is 0 Å². The van der Waals surface area contributed by atoms with E-state index >= 15 is 0 Å². The Balaban J connectivity index is 1.98. The van der Waals surface area contributed by atoms with Gasteiger partial charge in [0.05, 0.1) is 7.11 Å². The minimum atomic E-state index is 0.547. The molecule has 0 aromatic heterocycles. The molecule has 0 fully saturated rings. The van der Waals surface area contributed by atoms with Crippen molar-refractivity contribution in [3.8, 4) is 5.75 Å². The zero-order valence-corrected chi connectivity index (χ0v) is 13.1. The first-order valence-electron chi connectivity index (χ1n) is 7.05. The van der Waals surface area contributed by atoms with Gasteiger partial charge in [0.1, 0.15) is 5.75 Å². The van der Waals surface area contributed by atoms with Gasteiger partial charge in [-0.3, -0.25) is 0 Å². The van der Waals surface area contributed by atoms with Gasteiger partial charge in [-0.2, -0.15) is 0 Å². The number of benzene rings is 2. The van der Waals surface area contributed by atoms with Crippen LogP contribution in [-0.2, 0) is 6.42 Å². The molecule has 0 heterocycles. The Morgan fingerprint density at radius 2 is 1.85 bits per heavy atom. The van der Waals surface area contributed by atoms with E-state index in [-0.39, 0.29) is 0 Å². The Morgan fingerprint density at radius 3 is 2.50 bits per heavy atom. The van der Waals surface area contributed by atoms with Gasteiger partial charge >= 0.3 is 0 Å². The minimum absolute atomic E-state index is 0.547. The molecular formula is C18H20OS. The molecule has 20 heavy (non-hydrogen) atoms. The third kappa shape index (κ3) is 2.22. The molecule has 3 rings (SSSR count). The molecule has 0 spiro atoms. The third-order valence-corrected chi connectivity index (χ3v) is 5.26. The Morgan fingerprint density at radius 1 is 1.10 bits per heavy atom. The number of methoxy groups -OCH3 is 1. The molecule has 1 atom stereocenters. The summed E-state index contributed by atoms with van der Waals surface area (Å²) in [6.07, 6.45) is 4.58. The average Bonchev–Trinajstić information content (AvgIpc) is 2.92. The molecule has 0 saturated heterocycles. The molecule has 0 saturated carbocycles. The van der Waals surface area contributed by atoms with Gasteiger partial charge < -0.3 is 4.74 Å². The standard InChI is InChI=1S/C18H20OS/c1-12-15-8-9-16(17(15)10-11-18(12)20-3)13-4-6-14(19-2)7-5-13/h4-7,10-11,16H,8-9H2,1-3H3. The maximum Gasteiger partial charge on any atom is 0.118 e. The summed E-state index contributed by atoms with van der Waals surface area (Å²) in [4.78, 5) is 1.42. The van der Waals surface area contributed by atoms with Crippen molar-refractivity contribution in [3.05, 3.63) is 58.7 Å². The topological polar surface area (TPSA) is 9.23 Å². The van der Waals surface area contributed by atoms with Gasteiger partial charge in [0.25, 0.3) is 0 Å². The van der Waals surface area contributed by atoms with Crippen LogP contribution in [-0.4, -0.2) is 13.4 Å². The molecule has 0 bridgehead atoms. The molecule has 104 valence electrons. The van der Waals surface area contributed by atoms with Crippen LogP contribution in [0.2, 0.25) is 0 Å². The fraction of sp³-hybridized carbons (Fsp3) is 0.333. The second-order valence-corrected chi connectivity index (χ2v) is 6.17. The number of fused-ring (bicyclic) bond motifs is 1. The molecule has 2 heteroatoms. The average molecular weight is 284 g/mol. The second-order valence-electron chi connectivity index (χ2n) is 5.33. The highest BCUT2D eigenvalue weighted by Crippen LogP contribution is 2.41. The first kappa shape index (κ1) is 13.6. The van der Waals surface area contributed by atoms with Crippen LogP contribution < -0.4 is 4.74 Å². The monoisotopic (exact) mass is 284 g/mol. The Labute approximate surface area is 125 Å². The van der Waals surface area contributed by atoms with Crippen molar-refractivity contribution < 1.29 is 4.74 Å². The largest absolute Gasteiger partial charge is 0.497 e. The van der Waals surface area contributed by atoms with Gasteiger partial charge in [0.15, 0.2) is 0 Å². The van der Waals surface area contributed by atoms with Gasteiger partial charge in [-0.15, -0.1) is 11.8 Å². The first-order chi connectivity index (χ1) is 9.74. The van der Waals surface area contributed by atoms with Gasteiger partial charge in [0.2, 0.25) is 0 Å². The SMILES string of the molecule is COc1ccc(C2CCc3c2ccc(SC)c3C)cc1. The summed E-state index contributed by atoms with van der Waals surface area (Å²) in [5.41, 5.74) is 5.97. The van der Waals surface area contributed by atoms with Crippen LogP contribution in [0, 0.1) is 6.92 Å². The summed E-state index contributed by atoms with van der Waals surface area (Å²) in [5.74, 6) is 1.48. The molecule has 2 aromatic carbocycles. The number of ether oxygens (including phenoxy) is 1. The van der Waals surface area contributed by atoms with E-state index in [0.717, 1.165) is 5.75 Å². The number of hydrogen-bond donors (Lipinski definition) is 0. The summed E-state index contributed by atoms with van der Waals surface area (Å²) in [6.45, 7) is 2.26. The van der Waals surface area contributed by atoms with Crippen LogP contribution in [0.1, 0.15) is 34.6 Å². The molecule has 1 unspecified atom stereocenters. The smallest absolute Gasteiger partial charge is 0.118 e. The molecule has 1 nitrogen and oxygen atoms in total. The number of thioether (sulfide) groups is 1. The third-order valence-electron chi connectivity index (χ3n) is 4.38. The van der Waals surface area contributed by atoms with Gasteiger partial charge in [-0.25, -0.2) is 0 Å². The Bertz CT molecular complexity index is 616. The van der Waals surface area contributed by atoms with Crippen molar-refractivity contribution in [2.24, 2.45) is 0 Å². The van der Waals surface area contributed by atoms with E-state index in [1.807, 2.05) is 11.8 Å². The number of rotatable bonds is 3. The predicted molar refractivity (Wildman–Crippen MR) is 86.1 cm³/mol. The summed E-state index contributed by atoms with van der Waals surface area (Å²) < 4.78 is 5.25. The lowest BCUT2D eigenvalue weighted by Gasteiger charge is -2.14. The Hall–Kier alpha value is -1.41. The predicted octanol–water partition coefficient (Wildman–Crippen LogP) is 4.80. The number of hydrogen-bond acceptors (Lipinski definition) is 2. The summed E-state index contributed by atoms with van der Waals surface area (Å²) >= 11 is 1.85. The van der Waals surface area contributed by atoms with Crippen molar-refractivity contribution in [1.82, 2.24) is 0 Å². The van der Waals surface area contributed by atoms with Crippen molar-refractivity contribution in [3.63, 3.8) is 0 Å². The van der Waals surface area contributed by atoms with Gasteiger partial charge in [0, 0.05) is 10.8 Å². The molecule has 0 N–H and O–H groups in total. The zero-order chi connectivity index (χ0) is 14.1. The normalized spacial score (nSPS) is 17.1. The zero-order valence-electron chi connectivity index (χ0n) is 12.3. The van der Waals surface area contributed by atoms with Crippen LogP contribution >= 0.6 is 11.8 Å². The molecule has 0 amide bonds. The summed E-state index contributed by atoms with van der Waals surface area (Å²) in [5, 5.41) is 0. The van der Waals surface area contributed by atoms with E-state index in [1.165, 1.54) is 34.4 Å². The highest BCUT2D eigenvalue weighted by molar-refractivity contribution is 7.98. The molecule has 1 aliphatic carbocycles. The van der Waals surface area contributed by atoms with E-state index in [2.05, 4.69) is 49.6 Å². The van der Waals surface area contributed by atoms with Gasteiger partial charge in [-0.05, 0) is 66.5 Å². The maximum absolute atomic E-state index is 5.25. The Kier molecular flexibility index (Phi) is 3.75. The lowest BCUT2D eigenvalue weighted by atomic mass is 9.92. The lowest BCUT2D eigenvalue weighted by Crippen LogP contribution is -1.97. The first-order valence-corrected chi connectivity index (χ1v) is 8.27. The van der Waals surface area contributed by atoms with Crippen LogP contribution in [0.25, 0.3) is 0 Å². The van der Waals surface area contributed by atoms with E-state index in [9.17, 15) is 0 Å². The lowest BCUT2D eigenvalue weighted by molar-refractivity contribution is 0.414. The summed E-state index contributed by atoms with van der Waals surface area (Å²) in [6, 6.07) is 13.1. The highest BCUT2D eigenvalue weighted by atomic mass is 32.2. The molecule has 2 aromatic rings. The van der Waals surface area contributed by atoms with Crippen molar-refractivity contribution in [1.29, 1.82) is 0 Å². The highest BCUT2D eigenvalue weighted by Gasteiger charge is 2.25. The molecule has 0 aliphatic heterocycles. The van der Waals surface area contributed by atoms with E-state index < -0.39 is 0 Å². The summed E-state index contributed by atoms with van der Waals surface area (Å²) in [7, 11) is 1.72. The fourth-order valence-corrected chi connectivity index (χ4v) is 3.90. The van der Waals surface area contributed by atoms with Crippen LogP contribution in [0.5, 0.6) is 5.75 Å². The van der Waals surface area contributed by atoms with Crippen molar-refractivity contribution in [2.45, 2.75) is 30.6 Å². The molecule has 1 aliphatic rings. The molecule has 0 radical (unpaired) electrons. The molecular weight excluding hydrogens is 264 g/mol. The van der Waals surface area contributed by atoms with Crippen LogP contribution in [0.3, 0.4) is 0 Å². The van der Waals surface area contributed by atoms with E-state index in [0.29, 0.717) is 5.92 Å². The minimum Gasteiger partial charge on any atom is -0.497 e. The van der Waals surface area contributed by atoms with Crippen molar-refractivity contribution >= 4 is 11.8 Å². The van der Waals surface area contributed by atoms with E-state index in [4.69, 9.17) is 4.74 Å². The van der Waals surface area contributed by atoms with Gasteiger partial charge in [-0.1, -0.05) is 18.2 Å². The quantitative estimate of drug-likeness (QED) is 0.748.